The number of imidazole rings is 1. The third-order valence-corrected chi connectivity index (χ3v) is 6.60. The molecule has 0 saturated heterocycles. The van der Waals surface area contributed by atoms with Gasteiger partial charge in [-0.3, -0.25) is 9.20 Å². The van der Waals surface area contributed by atoms with Crippen molar-refractivity contribution in [2.45, 2.75) is 29.6 Å². The fourth-order valence-corrected chi connectivity index (χ4v) is 4.56. The first-order chi connectivity index (χ1) is 14.3. The maximum atomic E-state index is 14.1. The van der Waals surface area contributed by atoms with E-state index in [4.69, 9.17) is 0 Å². The molecule has 0 amide bonds. The topological polar surface area (TPSA) is 81.4 Å². The van der Waals surface area contributed by atoms with E-state index in [0.717, 1.165) is 11.6 Å². The van der Waals surface area contributed by atoms with E-state index >= 15 is 0 Å². The van der Waals surface area contributed by atoms with Crippen molar-refractivity contribution in [3.05, 3.63) is 89.8 Å². The lowest BCUT2D eigenvalue weighted by Gasteiger charge is -2.08. The highest BCUT2D eigenvalue weighted by molar-refractivity contribution is 7.91. The van der Waals surface area contributed by atoms with E-state index in [9.17, 15) is 17.6 Å². The molecule has 0 N–H and O–H groups in total. The number of hydrogen-bond acceptors (Lipinski definition) is 5. The molecule has 0 aliphatic heterocycles. The molecule has 8 heteroatoms. The lowest BCUT2D eigenvalue weighted by Crippen LogP contribution is -2.06. The Morgan fingerprint density at radius 1 is 1.10 bits per heavy atom. The fraction of sp³-hybridized carbons (Fsp3) is 0.136. The number of sulfone groups is 1. The summed E-state index contributed by atoms with van der Waals surface area (Å²) < 4.78 is 41.2. The van der Waals surface area contributed by atoms with Crippen LogP contribution < -0.4 is 0 Å². The predicted octanol–water partition coefficient (Wildman–Crippen LogP) is 3.83. The summed E-state index contributed by atoms with van der Waals surface area (Å²) in [5.74, 6) is -0.330. The molecule has 0 fully saturated rings. The molecule has 4 aromatic rings. The van der Waals surface area contributed by atoms with Crippen LogP contribution in [0.3, 0.4) is 0 Å². The molecule has 0 aliphatic rings. The molecule has 0 bridgehead atoms. The first-order valence-electron chi connectivity index (χ1n) is 9.27. The Morgan fingerprint density at radius 3 is 2.63 bits per heavy atom. The standard InChI is InChI=1S/C22H18FN3O3S/c1-15-2-8-19(23)21(12-15)30(28,29)18-6-3-16(4-7-18)5-9-20(27)17-13-25-22-24-10-11-26(22)14-17/h2-4,6-8,10-14H,5,9H2,1H3. The van der Waals surface area contributed by atoms with Crippen molar-refractivity contribution < 1.29 is 17.6 Å². The number of halogens is 1. The molecule has 2 heterocycles. The quantitative estimate of drug-likeness (QED) is 0.440. The maximum Gasteiger partial charge on any atom is 0.233 e. The SMILES string of the molecule is Cc1ccc(F)c(S(=O)(=O)c2ccc(CCC(=O)c3cnc4nccn4c3)cc2)c1. The molecule has 2 aromatic heterocycles. The van der Waals surface area contributed by atoms with Crippen molar-refractivity contribution in [1.29, 1.82) is 0 Å². The summed E-state index contributed by atoms with van der Waals surface area (Å²) >= 11 is 0. The summed E-state index contributed by atoms with van der Waals surface area (Å²) in [6, 6.07) is 10.2. The third kappa shape index (κ3) is 3.86. The van der Waals surface area contributed by atoms with Gasteiger partial charge < -0.3 is 0 Å². The normalized spacial score (nSPS) is 11.7. The van der Waals surface area contributed by atoms with Crippen molar-refractivity contribution in [2.75, 3.05) is 0 Å². The first kappa shape index (κ1) is 19.9. The number of ketones is 1. The van der Waals surface area contributed by atoms with Gasteiger partial charge in [-0.1, -0.05) is 18.2 Å². The van der Waals surface area contributed by atoms with Gasteiger partial charge >= 0.3 is 0 Å². The van der Waals surface area contributed by atoms with E-state index < -0.39 is 15.7 Å². The molecule has 0 unspecified atom stereocenters. The summed E-state index contributed by atoms with van der Waals surface area (Å²) in [5, 5.41) is 0. The number of aromatic nitrogens is 3. The second-order valence-electron chi connectivity index (χ2n) is 6.98. The molecule has 0 aliphatic carbocycles. The minimum atomic E-state index is -3.96. The van der Waals surface area contributed by atoms with Gasteiger partial charge in [-0.05, 0) is 48.7 Å². The molecule has 2 aromatic carbocycles. The summed E-state index contributed by atoms with van der Waals surface area (Å²) in [4.78, 5) is 20.3. The number of benzene rings is 2. The van der Waals surface area contributed by atoms with Crippen molar-refractivity contribution in [2.24, 2.45) is 0 Å². The van der Waals surface area contributed by atoms with E-state index in [2.05, 4.69) is 9.97 Å². The van der Waals surface area contributed by atoms with Gasteiger partial charge in [0.25, 0.3) is 0 Å². The zero-order valence-corrected chi connectivity index (χ0v) is 16.9. The first-order valence-corrected chi connectivity index (χ1v) is 10.7. The lowest BCUT2D eigenvalue weighted by atomic mass is 10.0. The largest absolute Gasteiger partial charge is 0.294 e. The highest BCUT2D eigenvalue weighted by Crippen LogP contribution is 2.25. The number of hydrogen-bond donors (Lipinski definition) is 0. The molecule has 0 spiro atoms. The maximum absolute atomic E-state index is 14.1. The zero-order valence-electron chi connectivity index (χ0n) is 16.1. The van der Waals surface area contributed by atoms with Crippen LogP contribution in [0.25, 0.3) is 5.78 Å². The van der Waals surface area contributed by atoms with Crippen molar-refractivity contribution >= 4 is 21.4 Å². The van der Waals surface area contributed by atoms with Crippen LogP contribution in [-0.2, 0) is 16.3 Å². The summed E-state index contributed by atoms with van der Waals surface area (Å²) in [6.07, 6.45) is 7.20. The summed E-state index contributed by atoms with van der Waals surface area (Å²) in [7, 11) is -3.96. The van der Waals surface area contributed by atoms with E-state index in [-0.39, 0.29) is 22.0 Å². The Hall–Kier alpha value is -3.39. The highest BCUT2D eigenvalue weighted by Gasteiger charge is 2.22. The van der Waals surface area contributed by atoms with E-state index in [0.29, 0.717) is 23.3 Å². The predicted molar refractivity (Wildman–Crippen MR) is 109 cm³/mol. The molecule has 0 atom stereocenters. The van der Waals surface area contributed by atoms with Gasteiger partial charge in [-0.2, -0.15) is 0 Å². The van der Waals surface area contributed by atoms with E-state index in [1.54, 1.807) is 42.0 Å². The molecule has 30 heavy (non-hydrogen) atoms. The average Bonchev–Trinajstić information content (AvgIpc) is 3.22. The molecule has 6 nitrogen and oxygen atoms in total. The van der Waals surface area contributed by atoms with Crippen LogP contribution in [0.5, 0.6) is 0 Å². The Balaban J connectivity index is 1.48. The van der Waals surface area contributed by atoms with Gasteiger partial charge in [0.1, 0.15) is 10.7 Å². The van der Waals surface area contributed by atoms with Gasteiger partial charge in [-0.25, -0.2) is 22.8 Å². The number of aryl methyl sites for hydroxylation is 2. The monoisotopic (exact) mass is 423 g/mol. The second-order valence-corrected chi connectivity index (χ2v) is 8.90. The number of fused-ring (bicyclic) bond motifs is 1. The van der Waals surface area contributed by atoms with Crippen LogP contribution in [0.4, 0.5) is 4.39 Å². The Labute approximate surface area is 173 Å². The summed E-state index contributed by atoms with van der Waals surface area (Å²) in [6.45, 7) is 1.71. The van der Waals surface area contributed by atoms with Crippen molar-refractivity contribution in [3.63, 3.8) is 0 Å². The number of Topliss-reactive ketones (excluding diaryl/α,β-unsaturated/α-hetero) is 1. The van der Waals surface area contributed by atoms with Crippen molar-refractivity contribution in [1.82, 2.24) is 14.4 Å². The van der Waals surface area contributed by atoms with Crippen LogP contribution in [0.15, 0.2) is 77.0 Å². The van der Waals surface area contributed by atoms with Crippen LogP contribution in [-0.4, -0.2) is 28.6 Å². The Bertz CT molecular complexity index is 1350. The number of carbonyl (C=O) groups excluding carboxylic acids is 1. The van der Waals surface area contributed by atoms with Crippen LogP contribution >= 0.6 is 0 Å². The minimum Gasteiger partial charge on any atom is -0.294 e. The lowest BCUT2D eigenvalue weighted by molar-refractivity contribution is 0.0982. The van der Waals surface area contributed by atoms with Gasteiger partial charge in [-0.15, -0.1) is 0 Å². The van der Waals surface area contributed by atoms with E-state index in [1.807, 2.05) is 0 Å². The van der Waals surface area contributed by atoms with Crippen LogP contribution in [0.1, 0.15) is 27.9 Å². The number of rotatable bonds is 6. The molecule has 0 radical (unpaired) electrons. The summed E-state index contributed by atoms with van der Waals surface area (Å²) in [5.41, 5.74) is 1.95. The number of nitrogens with zero attached hydrogens (tertiary/aromatic N) is 3. The highest BCUT2D eigenvalue weighted by atomic mass is 32.2. The molecule has 152 valence electrons. The average molecular weight is 423 g/mol. The fourth-order valence-electron chi connectivity index (χ4n) is 3.14. The smallest absolute Gasteiger partial charge is 0.233 e. The van der Waals surface area contributed by atoms with Gasteiger partial charge in [0.05, 0.1) is 10.5 Å². The third-order valence-electron chi connectivity index (χ3n) is 4.82. The number of carbonyl (C=O) groups is 1. The van der Waals surface area contributed by atoms with Crippen molar-refractivity contribution in [3.8, 4) is 0 Å². The Kier molecular flexibility index (Phi) is 5.17. The molecular formula is C22H18FN3O3S. The van der Waals surface area contributed by atoms with Gasteiger partial charge in [0.2, 0.25) is 15.6 Å². The van der Waals surface area contributed by atoms with Crippen LogP contribution in [0.2, 0.25) is 0 Å². The molecule has 4 rings (SSSR count). The van der Waals surface area contributed by atoms with Gasteiger partial charge in [0, 0.05) is 31.2 Å². The Morgan fingerprint density at radius 2 is 1.87 bits per heavy atom. The molecule has 0 saturated carbocycles. The minimum absolute atomic E-state index is 0.0110. The zero-order chi connectivity index (χ0) is 21.3. The second kappa shape index (κ2) is 7.79. The van der Waals surface area contributed by atoms with E-state index in [1.165, 1.54) is 30.5 Å². The molecular weight excluding hydrogens is 405 g/mol. The van der Waals surface area contributed by atoms with Gasteiger partial charge in [0.15, 0.2) is 5.78 Å². The van der Waals surface area contributed by atoms with Crippen LogP contribution in [0, 0.1) is 12.7 Å².